The molecule has 162 valence electrons. The van der Waals surface area contributed by atoms with Gasteiger partial charge in [0.25, 0.3) is 0 Å². The van der Waals surface area contributed by atoms with Crippen molar-refractivity contribution in [2.75, 3.05) is 13.2 Å². The van der Waals surface area contributed by atoms with E-state index in [4.69, 9.17) is 9.47 Å². The summed E-state index contributed by atoms with van der Waals surface area (Å²) in [7, 11) is 0. The molecule has 0 spiro atoms. The Kier molecular flexibility index (Phi) is 6.82. The van der Waals surface area contributed by atoms with Gasteiger partial charge in [0, 0.05) is 29.0 Å². The number of allylic oxidation sites excluding steroid dienone is 1. The fraction of sp³-hybridized carbons (Fsp3) is 0.333. The van der Waals surface area contributed by atoms with E-state index in [0.29, 0.717) is 30.7 Å². The monoisotopic (exact) mass is 434 g/mol. The van der Waals surface area contributed by atoms with E-state index in [-0.39, 0.29) is 25.2 Å². The molecule has 0 atom stereocenters. The van der Waals surface area contributed by atoms with Gasteiger partial charge in [0.15, 0.2) is 29.6 Å². The van der Waals surface area contributed by atoms with Crippen LogP contribution in [0, 0.1) is 29.1 Å². The fourth-order valence-corrected chi connectivity index (χ4v) is 3.16. The molecular weight excluding hydrogens is 417 g/mol. The zero-order valence-electron chi connectivity index (χ0n) is 15.8. The lowest BCUT2D eigenvalue weighted by Gasteiger charge is -2.30. The maximum atomic E-state index is 14.5. The molecule has 1 aliphatic rings. The van der Waals surface area contributed by atoms with Crippen LogP contribution in [-0.4, -0.2) is 13.2 Å². The van der Waals surface area contributed by atoms with Crippen LogP contribution in [0.5, 0.6) is 0 Å². The number of benzene rings is 2. The summed E-state index contributed by atoms with van der Waals surface area (Å²) in [5.41, 5.74) is -1.15. The summed E-state index contributed by atoms with van der Waals surface area (Å²) in [5.74, 6) is -10.1. The van der Waals surface area contributed by atoms with Gasteiger partial charge in [-0.15, -0.1) is 0 Å². The second-order valence-corrected chi connectivity index (χ2v) is 6.82. The second kappa shape index (κ2) is 9.18. The van der Waals surface area contributed by atoms with Crippen molar-refractivity contribution in [1.29, 1.82) is 0 Å². The summed E-state index contributed by atoms with van der Waals surface area (Å²) in [4.78, 5) is 0. The molecule has 3 rings (SSSR count). The Hall–Kier alpha value is -2.39. The maximum absolute atomic E-state index is 14.5. The molecule has 1 aliphatic heterocycles. The topological polar surface area (TPSA) is 18.5 Å². The summed E-state index contributed by atoms with van der Waals surface area (Å²) in [5, 5.41) is 0. The van der Waals surface area contributed by atoms with Crippen molar-refractivity contribution in [1.82, 2.24) is 0 Å². The number of halogens is 7. The molecule has 0 bridgehead atoms. The first-order valence-electron chi connectivity index (χ1n) is 9.14. The molecule has 0 saturated carbocycles. The van der Waals surface area contributed by atoms with Crippen LogP contribution in [0.2, 0.25) is 0 Å². The van der Waals surface area contributed by atoms with Crippen LogP contribution in [0.25, 0.3) is 5.83 Å². The number of hydrogen-bond acceptors (Lipinski definition) is 2. The molecule has 30 heavy (non-hydrogen) atoms. The van der Waals surface area contributed by atoms with Crippen molar-refractivity contribution >= 4 is 5.83 Å². The molecule has 1 fully saturated rings. The molecule has 1 heterocycles. The Morgan fingerprint density at radius 1 is 0.867 bits per heavy atom. The van der Waals surface area contributed by atoms with Crippen LogP contribution < -0.4 is 0 Å². The minimum atomic E-state index is -1.65. The largest absolute Gasteiger partial charge is 0.348 e. The lowest BCUT2D eigenvalue weighted by molar-refractivity contribution is -0.192. The maximum Gasteiger partial charge on any atom is 0.194 e. The molecule has 9 heteroatoms. The normalized spacial score (nSPS) is 20.3. The Labute approximate surface area is 167 Å². The highest BCUT2D eigenvalue weighted by Gasteiger charge is 2.30. The Balaban J connectivity index is 1.78. The minimum Gasteiger partial charge on any atom is -0.348 e. The van der Waals surface area contributed by atoms with Gasteiger partial charge in [-0.1, -0.05) is 6.92 Å². The first-order valence-corrected chi connectivity index (χ1v) is 9.14. The third-order valence-electron chi connectivity index (χ3n) is 4.62. The van der Waals surface area contributed by atoms with Crippen molar-refractivity contribution in [3.8, 4) is 0 Å². The van der Waals surface area contributed by atoms with Gasteiger partial charge < -0.3 is 9.47 Å². The molecule has 0 radical (unpaired) electrons. The first kappa shape index (κ1) is 22.3. The van der Waals surface area contributed by atoms with Gasteiger partial charge in [-0.2, -0.15) is 0 Å². The average molecular weight is 434 g/mol. The zero-order chi connectivity index (χ0) is 22.0. The van der Waals surface area contributed by atoms with Gasteiger partial charge in [-0.3, -0.25) is 0 Å². The van der Waals surface area contributed by atoms with E-state index in [9.17, 15) is 30.7 Å². The van der Waals surface area contributed by atoms with Crippen LogP contribution >= 0.6 is 0 Å². The standard InChI is InChI=1S/C21H17F7O2/c1-2-3-13(22)19(27)10-4-14(23)18(15(24)5-10)12-8-29-21(30-9-12)11-6-16(25)20(28)17(26)7-11/h4-7,12,21H,2-3,8-9H2,1H3. The lowest BCUT2D eigenvalue weighted by Crippen LogP contribution is -2.27. The first-order chi connectivity index (χ1) is 14.2. The van der Waals surface area contributed by atoms with E-state index in [1.54, 1.807) is 6.92 Å². The van der Waals surface area contributed by atoms with Gasteiger partial charge in [0.05, 0.1) is 13.2 Å². The van der Waals surface area contributed by atoms with Gasteiger partial charge in [0.1, 0.15) is 17.5 Å². The van der Waals surface area contributed by atoms with E-state index >= 15 is 0 Å². The van der Waals surface area contributed by atoms with Gasteiger partial charge in [-0.25, -0.2) is 30.7 Å². The third-order valence-corrected chi connectivity index (χ3v) is 4.62. The van der Waals surface area contributed by atoms with Gasteiger partial charge >= 0.3 is 0 Å². The molecule has 2 aromatic carbocycles. The van der Waals surface area contributed by atoms with Crippen molar-refractivity contribution in [2.24, 2.45) is 0 Å². The summed E-state index contributed by atoms with van der Waals surface area (Å²) in [6, 6.07) is 2.75. The minimum absolute atomic E-state index is 0.139. The molecule has 1 saturated heterocycles. The summed E-state index contributed by atoms with van der Waals surface area (Å²) in [6.45, 7) is 1.05. The molecular formula is C21H17F7O2. The summed E-state index contributed by atoms with van der Waals surface area (Å²) in [6.07, 6.45) is -1.14. The Bertz CT molecular complexity index is 920. The van der Waals surface area contributed by atoms with E-state index in [1.165, 1.54) is 0 Å². The molecule has 0 N–H and O–H groups in total. The smallest absolute Gasteiger partial charge is 0.194 e. The third kappa shape index (κ3) is 4.52. The van der Waals surface area contributed by atoms with Crippen LogP contribution in [-0.2, 0) is 9.47 Å². The van der Waals surface area contributed by atoms with Crippen LogP contribution in [0.1, 0.15) is 48.7 Å². The molecule has 2 nitrogen and oxygen atoms in total. The quantitative estimate of drug-likeness (QED) is 0.389. The molecule has 0 aliphatic carbocycles. The van der Waals surface area contributed by atoms with Crippen molar-refractivity contribution in [2.45, 2.75) is 32.0 Å². The Morgan fingerprint density at radius 3 is 1.90 bits per heavy atom. The lowest BCUT2D eigenvalue weighted by atomic mass is 9.96. The molecule has 0 amide bonds. The van der Waals surface area contributed by atoms with E-state index in [2.05, 4.69) is 0 Å². The zero-order valence-corrected chi connectivity index (χ0v) is 15.8. The second-order valence-electron chi connectivity index (χ2n) is 6.82. The van der Waals surface area contributed by atoms with E-state index in [0.717, 1.165) is 0 Å². The number of rotatable bonds is 5. The summed E-state index contributed by atoms with van der Waals surface area (Å²) >= 11 is 0. The van der Waals surface area contributed by atoms with E-state index < -0.39 is 64.1 Å². The van der Waals surface area contributed by atoms with Crippen molar-refractivity contribution < 1.29 is 40.2 Å². The van der Waals surface area contributed by atoms with Gasteiger partial charge in [0.2, 0.25) is 0 Å². The highest BCUT2D eigenvalue weighted by atomic mass is 19.2. The molecule has 2 aromatic rings. The highest BCUT2D eigenvalue weighted by Crippen LogP contribution is 2.35. The predicted molar refractivity (Wildman–Crippen MR) is 94.1 cm³/mol. The molecule has 0 aromatic heterocycles. The Morgan fingerprint density at radius 2 is 1.40 bits per heavy atom. The summed E-state index contributed by atoms with van der Waals surface area (Å²) < 4.78 is 107. The highest BCUT2D eigenvalue weighted by molar-refractivity contribution is 5.61. The van der Waals surface area contributed by atoms with Crippen LogP contribution in [0.3, 0.4) is 0 Å². The fourth-order valence-electron chi connectivity index (χ4n) is 3.16. The number of hydrogen-bond donors (Lipinski definition) is 0. The van der Waals surface area contributed by atoms with Gasteiger partial charge in [-0.05, 0) is 30.7 Å². The van der Waals surface area contributed by atoms with E-state index in [1.807, 2.05) is 0 Å². The van der Waals surface area contributed by atoms with Crippen molar-refractivity contribution in [3.05, 3.63) is 75.9 Å². The van der Waals surface area contributed by atoms with Crippen LogP contribution in [0.4, 0.5) is 30.7 Å². The SMILES string of the molecule is CCCC(F)=C(F)c1cc(F)c(C2COC(c3cc(F)c(F)c(F)c3)OC2)c(F)c1. The predicted octanol–water partition coefficient (Wildman–Crippen LogP) is 6.62. The van der Waals surface area contributed by atoms with Crippen LogP contribution in [0.15, 0.2) is 30.1 Å². The number of ether oxygens (including phenoxy) is 2. The average Bonchev–Trinajstić information content (AvgIpc) is 2.71. The molecule has 0 unspecified atom stereocenters. The van der Waals surface area contributed by atoms with Crippen molar-refractivity contribution in [3.63, 3.8) is 0 Å².